The molecule has 1 aromatic carbocycles. The minimum absolute atomic E-state index is 0.120. The number of piperidine rings is 1. The molecule has 0 spiro atoms. The van der Waals surface area contributed by atoms with Gasteiger partial charge < -0.3 is 9.64 Å². The first kappa shape index (κ1) is 21.2. The third-order valence-electron chi connectivity index (χ3n) is 7.63. The number of carbonyl (C=O) groups excluding carboxylic acids is 3. The number of fused-ring (bicyclic) bond motifs is 1. The maximum absolute atomic E-state index is 12.9. The van der Waals surface area contributed by atoms with Crippen molar-refractivity contribution in [1.82, 2.24) is 25.1 Å². The van der Waals surface area contributed by atoms with E-state index in [1.54, 1.807) is 17.3 Å². The lowest BCUT2D eigenvalue weighted by atomic mass is 9.91. The standard InChI is InChI=1S/C25H27N5O4/c31-23-7-6-21(24(32)28-23)30-13-15-8-18(4-5-19(15)25(30)33)34-22-3-1-2-20(22)29-11-17(12-29)16-9-26-14-27-10-16/h4-5,8-10,14,17,20-22H,1-3,6-7,11-13H2,(H,28,31,32)/t20-,21?,22+/m0/s1. The Morgan fingerprint density at radius 3 is 2.65 bits per heavy atom. The summed E-state index contributed by atoms with van der Waals surface area (Å²) in [6.45, 7) is 2.35. The van der Waals surface area contributed by atoms with Gasteiger partial charge in [0, 0.05) is 56.0 Å². The van der Waals surface area contributed by atoms with Gasteiger partial charge in [0.25, 0.3) is 5.91 Å². The Morgan fingerprint density at radius 2 is 1.85 bits per heavy atom. The van der Waals surface area contributed by atoms with Crippen LogP contribution in [0.25, 0.3) is 0 Å². The van der Waals surface area contributed by atoms with Gasteiger partial charge in [-0.2, -0.15) is 0 Å². The van der Waals surface area contributed by atoms with Gasteiger partial charge in [-0.05, 0) is 55.0 Å². The molecule has 2 saturated heterocycles. The van der Waals surface area contributed by atoms with Crippen LogP contribution in [0.2, 0.25) is 0 Å². The summed E-state index contributed by atoms with van der Waals surface area (Å²) >= 11 is 0. The van der Waals surface area contributed by atoms with Crippen molar-refractivity contribution in [1.29, 1.82) is 0 Å². The molecule has 6 rings (SSSR count). The zero-order valence-electron chi connectivity index (χ0n) is 18.9. The molecule has 2 aromatic rings. The quantitative estimate of drug-likeness (QED) is 0.675. The Morgan fingerprint density at radius 1 is 1.03 bits per heavy atom. The number of imide groups is 1. The maximum atomic E-state index is 12.9. The first-order chi connectivity index (χ1) is 16.6. The fourth-order valence-electron chi connectivity index (χ4n) is 5.78. The zero-order valence-corrected chi connectivity index (χ0v) is 18.9. The van der Waals surface area contributed by atoms with E-state index >= 15 is 0 Å². The van der Waals surface area contributed by atoms with Crippen molar-refractivity contribution in [3.8, 4) is 5.75 Å². The molecule has 3 aliphatic heterocycles. The van der Waals surface area contributed by atoms with Gasteiger partial charge >= 0.3 is 0 Å². The van der Waals surface area contributed by atoms with Crippen molar-refractivity contribution >= 4 is 17.7 Å². The summed E-state index contributed by atoms with van der Waals surface area (Å²) in [7, 11) is 0. The van der Waals surface area contributed by atoms with Gasteiger partial charge in [0.15, 0.2) is 0 Å². The number of aromatic nitrogens is 2. The predicted molar refractivity (Wildman–Crippen MR) is 121 cm³/mol. The largest absolute Gasteiger partial charge is 0.489 e. The van der Waals surface area contributed by atoms with Crippen LogP contribution in [0.4, 0.5) is 0 Å². The average molecular weight is 462 g/mol. The molecule has 1 N–H and O–H groups in total. The molecule has 34 heavy (non-hydrogen) atoms. The topological polar surface area (TPSA) is 105 Å². The monoisotopic (exact) mass is 461 g/mol. The van der Waals surface area contributed by atoms with Crippen molar-refractivity contribution in [2.45, 2.75) is 62.8 Å². The zero-order chi connectivity index (χ0) is 23.2. The lowest BCUT2D eigenvalue weighted by molar-refractivity contribution is -0.136. The summed E-state index contributed by atoms with van der Waals surface area (Å²) in [6, 6.07) is 5.39. The smallest absolute Gasteiger partial charge is 0.255 e. The van der Waals surface area contributed by atoms with Gasteiger partial charge in [0.1, 0.15) is 24.2 Å². The molecule has 4 aliphatic rings. The molecule has 0 radical (unpaired) electrons. The van der Waals surface area contributed by atoms with Crippen molar-refractivity contribution in [2.75, 3.05) is 13.1 Å². The lowest BCUT2D eigenvalue weighted by Gasteiger charge is -2.45. The summed E-state index contributed by atoms with van der Waals surface area (Å²) in [4.78, 5) is 49.0. The summed E-state index contributed by atoms with van der Waals surface area (Å²) in [6.07, 6.45) is 9.38. The van der Waals surface area contributed by atoms with Crippen molar-refractivity contribution in [2.24, 2.45) is 0 Å². The van der Waals surface area contributed by atoms with E-state index in [2.05, 4.69) is 20.2 Å². The number of amides is 3. The fraction of sp³-hybridized carbons (Fsp3) is 0.480. The Bertz CT molecular complexity index is 1130. The molecule has 3 atom stereocenters. The lowest BCUT2D eigenvalue weighted by Crippen LogP contribution is -2.54. The molecular formula is C25H27N5O4. The number of hydrogen-bond acceptors (Lipinski definition) is 7. The highest BCUT2D eigenvalue weighted by Gasteiger charge is 2.42. The minimum atomic E-state index is -0.601. The molecular weight excluding hydrogens is 434 g/mol. The highest BCUT2D eigenvalue weighted by molar-refractivity contribution is 6.05. The highest BCUT2D eigenvalue weighted by Crippen LogP contribution is 2.37. The number of hydrogen-bond donors (Lipinski definition) is 1. The molecule has 1 unspecified atom stereocenters. The number of ether oxygens (including phenoxy) is 1. The Labute approximate surface area is 197 Å². The molecule has 0 bridgehead atoms. The fourth-order valence-corrected chi connectivity index (χ4v) is 5.78. The van der Waals surface area contributed by atoms with Crippen LogP contribution < -0.4 is 10.1 Å². The minimum Gasteiger partial charge on any atom is -0.489 e. The van der Waals surface area contributed by atoms with E-state index in [9.17, 15) is 14.4 Å². The van der Waals surface area contributed by atoms with E-state index in [0.29, 0.717) is 30.5 Å². The summed E-state index contributed by atoms with van der Waals surface area (Å²) in [5.41, 5.74) is 2.67. The summed E-state index contributed by atoms with van der Waals surface area (Å²) in [5.74, 6) is 0.413. The van der Waals surface area contributed by atoms with Gasteiger partial charge in [-0.3, -0.25) is 24.6 Å². The third kappa shape index (κ3) is 3.73. The van der Waals surface area contributed by atoms with Crippen LogP contribution in [0.5, 0.6) is 5.75 Å². The molecule has 3 amide bonds. The van der Waals surface area contributed by atoms with Crippen LogP contribution in [0.3, 0.4) is 0 Å². The summed E-state index contributed by atoms with van der Waals surface area (Å²) < 4.78 is 6.44. The number of rotatable bonds is 5. The molecule has 176 valence electrons. The van der Waals surface area contributed by atoms with E-state index in [0.717, 1.165) is 43.7 Å². The molecule has 3 fully saturated rings. The Kier molecular flexibility index (Phi) is 5.28. The second kappa shape index (κ2) is 8.47. The van der Waals surface area contributed by atoms with Crippen LogP contribution in [0, 0.1) is 0 Å². The van der Waals surface area contributed by atoms with E-state index in [1.165, 1.54) is 5.56 Å². The molecule has 1 aromatic heterocycles. The molecule has 9 nitrogen and oxygen atoms in total. The Hall–Kier alpha value is -3.33. The van der Waals surface area contributed by atoms with E-state index in [1.807, 2.05) is 24.5 Å². The van der Waals surface area contributed by atoms with Gasteiger partial charge in [0.2, 0.25) is 11.8 Å². The SMILES string of the molecule is O=C1CCC(N2Cc3cc(O[C@@H]4CCC[C@@H]4N4CC(c5cncnc5)C4)ccc3C2=O)C(=O)N1. The van der Waals surface area contributed by atoms with Crippen LogP contribution in [0.1, 0.15) is 59.5 Å². The molecule has 1 aliphatic carbocycles. The highest BCUT2D eigenvalue weighted by atomic mass is 16.5. The Balaban J connectivity index is 1.11. The number of carbonyl (C=O) groups is 3. The third-order valence-corrected chi connectivity index (χ3v) is 7.63. The predicted octanol–water partition coefficient (Wildman–Crippen LogP) is 1.64. The average Bonchev–Trinajstić information content (AvgIpc) is 3.38. The van der Waals surface area contributed by atoms with E-state index in [-0.39, 0.29) is 24.3 Å². The number of likely N-dealkylation sites (tertiary alicyclic amines) is 1. The second-order valence-electron chi connectivity index (χ2n) is 9.70. The first-order valence-electron chi connectivity index (χ1n) is 12.0. The molecule has 9 heteroatoms. The van der Waals surface area contributed by atoms with Crippen LogP contribution in [-0.4, -0.2) is 68.8 Å². The molecule has 4 heterocycles. The van der Waals surface area contributed by atoms with Crippen molar-refractivity contribution in [3.05, 3.63) is 53.6 Å². The van der Waals surface area contributed by atoms with Gasteiger partial charge in [0.05, 0.1) is 0 Å². The van der Waals surface area contributed by atoms with Crippen molar-refractivity contribution in [3.63, 3.8) is 0 Å². The maximum Gasteiger partial charge on any atom is 0.255 e. The number of benzene rings is 1. The number of nitrogens with one attached hydrogen (secondary N) is 1. The van der Waals surface area contributed by atoms with E-state index < -0.39 is 11.9 Å². The number of nitrogens with zero attached hydrogens (tertiary/aromatic N) is 4. The van der Waals surface area contributed by atoms with Crippen LogP contribution >= 0.6 is 0 Å². The van der Waals surface area contributed by atoms with Crippen molar-refractivity contribution < 1.29 is 19.1 Å². The first-order valence-corrected chi connectivity index (χ1v) is 12.0. The van der Waals surface area contributed by atoms with Crippen LogP contribution in [-0.2, 0) is 16.1 Å². The van der Waals surface area contributed by atoms with Gasteiger partial charge in [-0.1, -0.05) is 0 Å². The normalized spacial score (nSPS) is 27.5. The van der Waals surface area contributed by atoms with Gasteiger partial charge in [-0.15, -0.1) is 0 Å². The molecule has 1 saturated carbocycles. The second-order valence-corrected chi connectivity index (χ2v) is 9.70. The van der Waals surface area contributed by atoms with E-state index in [4.69, 9.17) is 4.74 Å². The van der Waals surface area contributed by atoms with Crippen LogP contribution in [0.15, 0.2) is 36.9 Å². The summed E-state index contributed by atoms with van der Waals surface area (Å²) in [5, 5.41) is 2.35. The van der Waals surface area contributed by atoms with Gasteiger partial charge in [-0.25, -0.2) is 9.97 Å².